The lowest BCUT2D eigenvalue weighted by Gasteiger charge is -2.10. The fraction of sp³-hybridized carbons (Fsp3) is 0.154. The molecule has 3 aromatic rings. The number of fused-ring (bicyclic) bond motifs is 1. The van der Waals surface area contributed by atoms with Crippen molar-refractivity contribution < 1.29 is 4.52 Å². The third-order valence-corrected chi connectivity index (χ3v) is 3.00. The molecule has 1 aromatic carbocycles. The van der Waals surface area contributed by atoms with Crippen molar-refractivity contribution in [1.82, 2.24) is 14.7 Å². The van der Waals surface area contributed by atoms with Crippen molar-refractivity contribution in [3.63, 3.8) is 0 Å². The zero-order chi connectivity index (χ0) is 13.2. The monoisotopic (exact) mass is 256 g/mol. The number of rotatable bonds is 3. The Morgan fingerprint density at radius 2 is 2.21 bits per heavy atom. The van der Waals surface area contributed by atoms with Gasteiger partial charge in [-0.3, -0.25) is 4.79 Å². The number of hydrogen-bond acceptors (Lipinski definition) is 5. The normalized spacial score (nSPS) is 10.8. The second-order valence-electron chi connectivity index (χ2n) is 4.17. The molecule has 1 N–H and O–H groups in total. The Morgan fingerprint density at radius 1 is 1.37 bits per heavy atom. The molecule has 0 unspecified atom stereocenters. The van der Waals surface area contributed by atoms with Crippen LogP contribution in [-0.4, -0.2) is 14.7 Å². The van der Waals surface area contributed by atoms with Crippen LogP contribution in [-0.2, 0) is 13.6 Å². The minimum absolute atomic E-state index is 0.0608. The molecule has 6 nitrogen and oxygen atoms in total. The summed E-state index contributed by atoms with van der Waals surface area (Å²) in [7, 11) is 1.76. The van der Waals surface area contributed by atoms with Gasteiger partial charge in [-0.1, -0.05) is 23.4 Å². The zero-order valence-electron chi connectivity index (χ0n) is 10.3. The molecule has 3 rings (SSSR count). The first-order valence-corrected chi connectivity index (χ1v) is 5.83. The van der Waals surface area contributed by atoms with Gasteiger partial charge in [0.1, 0.15) is 0 Å². The third-order valence-electron chi connectivity index (χ3n) is 3.00. The summed E-state index contributed by atoms with van der Waals surface area (Å²) in [6.45, 7) is 0.410. The first-order valence-electron chi connectivity index (χ1n) is 5.83. The predicted molar refractivity (Wildman–Crippen MR) is 70.8 cm³/mol. The Balaban J connectivity index is 2.03. The fourth-order valence-corrected chi connectivity index (χ4v) is 2.00. The van der Waals surface area contributed by atoms with Crippen molar-refractivity contribution in [2.24, 2.45) is 7.05 Å². The number of nitrogens with one attached hydrogen (secondary N) is 1. The molecule has 0 radical (unpaired) electrons. The Morgan fingerprint density at radius 3 is 3.00 bits per heavy atom. The highest BCUT2D eigenvalue weighted by atomic mass is 16.5. The second kappa shape index (κ2) is 4.56. The molecule has 0 aliphatic heterocycles. The van der Waals surface area contributed by atoms with Crippen LogP contribution >= 0.6 is 0 Å². The van der Waals surface area contributed by atoms with Gasteiger partial charge >= 0.3 is 0 Å². The number of anilines is 1. The lowest BCUT2D eigenvalue weighted by Crippen LogP contribution is -2.17. The number of benzene rings is 1. The highest BCUT2D eigenvalue weighted by Gasteiger charge is 2.06. The van der Waals surface area contributed by atoms with Crippen molar-refractivity contribution in [1.29, 1.82) is 0 Å². The average Bonchev–Trinajstić information content (AvgIpc) is 2.95. The van der Waals surface area contributed by atoms with Gasteiger partial charge in [-0.05, 0) is 6.07 Å². The molecule has 6 heteroatoms. The van der Waals surface area contributed by atoms with E-state index < -0.39 is 0 Å². The summed E-state index contributed by atoms with van der Waals surface area (Å²) in [5.41, 5.74) is 1.59. The molecule has 0 aliphatic rings. The van der Waals surface area contributed by atoms with Gasteiger partial charge in [0, 0.05) is 24.2 Å². The van der Waals surface area contributed by atoms with Crippen LogP contribution in [0.3, 0.4) is 0 Å². The molecule has 0 amide bonds. The number of hydrogen-bond donors (Lipinski definition) is 1. The van der Waals surface area contributed by atoms with Crippen LogP contribution in [0.4, 0.5) is 5.69 Å². The number of para-hydroxylation sites is 1. The summed E-state index contributed by atoms with van der Waals surface area (Å²) < 4.78 is 6.29. The zero-order valence-corrected chi connectivity index (χ0v) is 10.3. The largest absolute Gasteiger partial charge is 0.377 e. The fourth-order valence-electron chi connectivity index (χ4n) is 2.00. The highest BCUT2D eigenvalue weighted by molar-refractivity contribution is 5.91. The molecule has 0 saturated heterocycles. The third kappa shape index (κ3) is 2.08. The van der Waals surface area contributed by atoms with Crippen LogP contribution in [0, 0.1) is 0 Å². The smallest absolute Gasteiger partial charge is 0.252 e. The lowest BCUT2D eigenvalue weighted by atomic mass is 10.2. The van der Waals surface area contributed by atoms with E-state index in [9.17, 15) is 4.79 Å². The molecular weight excluding hydrogens is 244 g/mol. The van der Waals surface area contributed by atoms with Crippen molar-refractivity contribution >= 4 is 16.6 Å². The molecule has 0 spiro atoms. The minimum Gasteiger partial charge on any atom is -0.377 e. The maximum absolute atomic E-state index is 11.9. The molecule has 2 heterocycles. The van der Waals surface area contributed by atoms with Gasteiger partial charge in [-0.2, -0.15) is 4.98 Å². The Hall–Kier alpha value is -2.63. The van der Waals surface area contributed by atoms with E-state index in [1.165, 1.54) is 6.39 Å². The summed E-state index contributed by atoms with van der Waals surface area (Å²) in [5.74, 6) is 0.546. The molecule has 96 valence electrons. The summed E-state index contributed by atoms with van der Waals surface area (Å²) in [6.07, 6.45) is 1.28. The predicted octanol–water partition coefficient (Wildman–Crippen LogP) is 1.53. The standard InChI is InChI=1S/C13H12N4O2/c1-17-11-5-3-2-4-9(11)10(6-13(17)18)14-7-12-15-8-19-16-12/h2-6,8,14H,7H2,1H3. The number of nitrogens with zero attached hydrogens (tertiary/aromatic N) is 3. The SMILES string of the molecule is Cn1c(=O)cc(NCc2ncon2)c2ccccc21. The topological polar surface area (TPSA) is 73.0 Å². The molecule has 0 fully saturated rings. The minimum atomic E-state index is -0.0608. The van der Waals surface area contributed by atoms with Crippen molar-refractivity contribution in [2.75, 3.05) is 5.32 Å². The van der Waals surface area contributed by atoms with E-state index in [0.717, 1.165) is 16.6 Å². The summed E-state index contributed by atoms with van der Waals surface area (Å²) in [5, 5.41) is 7.86. The van der Waals surface area contributed by atoms with E-state index >= 15 is 0 Å². The van der Waals surface area contributed by atoms with E-state index in [1.54, 1.807) is 17.7 Å². The van der Waals surface area contributed by atoms with Gasteiger partial charge in [0.05, 0.1) is 12.1 Å². The second-order valence-corrected chi connectivity index (χ2v) is 4.17. The van der Waals surface area contributed by atoms with E-state index in [-0.39, 0.29) is 5.56 Å². The first kappa shape index (κ1) is 11.5. The average molecular weight is 256 g/mol. The quantitative estimate of drug-likeness (QED) is 0.769. The van der Waals surface area contributed by atoms with Crippen LogP contribution in [0.25, 0.3) is 10.9 Å². The Kier molecular flexibility index (Phi) is 2.75. The van der Waals surface area contributed by atoms with Gasteiger partial charge in [-0.25, -0.2) is 0 Å². The molecule has 0 aliphatic carbocycles. The highest BCUT2D eigenvalue weighted by Crippen LogP contribution is 2.20. The van der Waals surface area contributed by atoms with E-state index in [0.29, 0.717) is 12.4 Å². The van der Waals surface area contributed by atoms with Crippen LogP contribution in [0.5, 0.6) is 0 Å². The number of aryl methyl sites for hydroxylation is 1. The van der Waals surface area contributed by atoms with E-state index in [2.05, 4.69) is 20.0 Å². The molecule has 0 saturated carbocycles. The van der Waals surface area contributed by atoms with E-state index in [4.69, 9.17) is 0 Å². The molecule has 2 aromatic heterocycles. The molecule has 19 heavy (non-hydrogen) atoms. The lowest BCUT2D eigenvalue weighted by molar-refractivity contribution is 0.411. The first-order chi connectivity index (χ1) is 9.25. The summed E-state index contributed by atoms with van der Waals surface area (Å²) in [6, 6.07) is 9.29. The van der Waals surface area contributed by atoms with Crippen molar-refractivity contribution in [2.45, 2.75) is 6.54 Å². The van der Waals surface area contributed by atoms with Crippen LogP contribution in [0.1, 0.15) is 5.82 Å². The summed E-state index contributed by atoms with van der Waals surface area (Å²) in [4.78, 5) is 15.8. The Labute approximate surface area is 108 Å². The van der Waals surface area contributed by atoms with Crippen LogP contribution in [0.15, 0.2) is 46.0 Å². The molecule has 0 bridgehead atoms. The maximum Gasteiger partial charge on any atom is 0.252 e. The molecule has 0 atom stereocenters. The molecular formula is C13H12N4O2. The van der Waals surface area contributed by atoms with Gasteiger partial charge in [0.15, 0.2) is 5.82 Å². The number of aromatic nitrogens is 3. The van der Waals surface area contributed by atoms with Gasteiger partial charge in [-0.15, -0.1) is 0 Å². The Bertz CT molecular complexity index is 762. The van der Waals surface area contributed by atoms with Crippen LogP contribution in [0.2, 0.25) is 0 Å². The summed E-state index contributed by atoms with van der Waals surface area (Å²) >= 11 is 0. The van der Waals surface area contributed by atoms with E-state index in [1.807, 2.05) is 24.3 Å². The van der Waals surface area contributed by atoms with Gasteiger partial charge < -0.3 is 14.4 Å². The maximum atomic E-state index is 11.9. The van der Waals surface area contributed by atoms with Crippen molar-refractivity contribution in [3.05, 3.63) is 52.9 Å². The number of pyridine rings is 1. The van der Waals surface area contributed by atoms with Crippen LogP contribution < -0.4 is 10.9 Å². The van der Waals surface area contributed by atoms with Gasteiger partial charge in [0.25, 0.3) is 5.56 Å². The van der Waals surface area contributed by atoms with Crippen molar-refractivity contribution in [3.8, 4) is 0 Å². The van der Waals surface area contributed by atoms with Gasteiger partial charge in [0.2, 0.25) is 6.39 Å².